The van der Waals surface area contributed by atoms with Crippen LogP contribution in [-0.4, -0.2) is 19.1 Å². The van der Waals surface area contributed by atoms with Crippen molar-refractivity contribution in [2.75, 3.05) is 23.8 Å². The molecule has 0 aliphatic rings. The van der Waals surface area contributed by atoms with Gasteiger partial charge in [-0.2, -0.15) is 0 Å². The Morgan fingerprint density at radius 1 is 1.04 bits per heavy atom. The molecule has 0 saturated carbocycles. The number of ether oxygens (including phenoxy) is 1. The van der Waals surface area contributed by atoms with Gasteiger partial charge in [-0.05, 0) is 56.2 Å². The molecule has 0 atom stereocenters. The molecule has 0 fully saturated rings. The quantitative estimate of drug-likeness (QED) is 0.808. The number of hydrogen-bond acceptors (Lipinski definition) is 3. The fraction of sp³-hybridized carbons (Fsp3) is 0.316. The number of nitrogens with one attached hydrogen (secondary N) is 2. The zero-order valence-corrected chi connectivity index (χ0v) is 14.0. The number of hydrogen-bond donors (Lipinski definition) is 2. The second-order valence-electron chi connectivity index (χ2n) is 5.45. The molecule has 4 heteroatoms. The van der Waals surface area contributed by atoms with Crippen molar-refractivity contribution in [2.24, 2.45) is 0 Å². The van der Waals surface area contributed by atoms with E-state index in [1.165, 1.54) is 0 Å². The van der Waals surface area contributed by atoms with E-state index in [2.05, 4.69) is 10.6 Å². The van der Waals surface area contributed by atoms with E-state index in [1.807, 2.05) is 63.2 Å². The van der Waals surface area contributed by atoms with Gasteiger partial charge in [0.2, 0.25) is 5.91 Å². The van der Waals surface area contributed by atoms with Crippen molar-refractivity contribution in [3.8, 4) is 5.75 Å². The van der Waals surface area contributed by atoms with E-state index in [1.54, 1.807) is 0 Å². The van der Waals surface area contributed by atoms with Crippen molar-refractivity contribution in [1.29, 1.82) is 0 Å². The SMILES string of the molecule is CCOc1ccc(NCCC(=O)Nc2c(C)cccc2C)cc1. The lowest BCUT2D eigenvalue weighted by Gasteiger charge is -2.12. The summed E-state index contributed by atoms with van der Waals surface area (Å²) in [4.78, 5) is 12.1. The minimum Gasteiger partial charge on any atom is -0.494 e. The number of anilines is 2. The molecule has 23 heavy (non-hydrogen) atoms. The second kappa shape index (κ2) is 8.22. The first-order valence-corrected chi connectivity index (χ1v) is 7.93. The van der Waals surface area contributed by atoms with Crippen LogP contribution in [0.2, 0.25) is 0 Å². The molecule has 4 nitrogen and oxygen atoms in total. The fourth-order valence-electron chi connectivity index (χ4n) is 2.37. The third-order valence-corrected chi connectivity index (χ3v) is 3.59. The first-order valence-electron chi connectivity index (χ1n) is 7.93. The van der Waals surface area contributed by atoms with Crippen molar-refractivity contribution >= 4 is 17.3 Å². The maximum absolute atomic E-state index is 12.1. The van der Waals surface area contributed by atoms with Crippen LogP contribution in [0.25, 0.3) is 0 Å². The Morgan fingerprint density at radius 2 is 1.70 bits per heavy atom. The number of para-hydroxylation sites is 1. The van der Waals surface area contributed by atoms with Gasteiger partial charge in [-0.15, -0.1) is 0 Å². The monoisotopic (exact) mass is 312 g/mol. The first kappa shape index (κ1) is 16.9. The summed E-state index contributed by atoms with van der Waals surface area (Å²) in [6.07, 6.45) is 0.418. The van der Waals surface area contributed by atoms with E-state index in [-0.39, 0.29) is 5.91 Å². The van der Waals surface area contributed by atoms with E-state index >= 15 is 0 Å². The zero-order valence-electron chi connectivity index (χ0n) is 14.0. The molecule has 0 unspecified atom stereocenters. The summed E-state index contributed by atoms with van der Waals surface area (Å²) in [6, 6.07) is 13.7. The maximum atomic E-state index is 12.1. The molecule has 0 saturated heterocycles. The Bertz CT molecular complexity index is 631. The Morgan fingerprint density at radius 3 is 2.30 bits per heavy atom. The molecule has 0 spiro atoms. The molecule has 2 aromatic carbocycles. The molecule has 1 amide bonds. The number of rotatable bonds is 7. The van der Waals surface area contributed by atoms with Crippen molar-refractivity contribution < 1.29 is 9.53 Å². The Kier molecular flexibility index (Phi) is 6.03. The molecule has 0 heterocycles. The first-order chi connectivity index (χ1) is 11.1. The number of benzene rings is 2. The lowest BCUT2D eigenvalue weighted by atomic mass is 10.1. The molecule has 2 aromatic rings. The predicted molar refractivity (Wildman–Crippen MR) is 95.3 cm³/mol. The molecule has 0 bridgehead atoms. The van der Waals surface area contributed by atoms with Crippen molar-refractivity contribution in [2.45, 2.75) is 27.2 Å². The van der Waals surface area contributed by atoms with E-state index in [4.69, 9.17) is 4.74 Å². The normalized spacial score (nSPS) is 10.2. The van der Waals surface area contributed by atoms with Gasteiger partial charge in [-0.3, -0.25) is 4.79 Å². The smallest absolute Gasteiger partial charge is 0.226 e. The summed E-state index contributed by atoms with van der Waals surface area (Å²) in [5.41, 5.74) is 4.06. The molecule has 122 valence electrons. The van der Waals surface area contributed by atoms with Crippen LogP contribution in [0.5, 0.6) is 5.75 Å². The zero-order chi connectivity index (χ0) is 16.7. The van der Waals surface area contributed by atoms with E-state index < -0.39 is 0 Å². The molecule has 0 aliphatic heterocycles. The fourth-order valence-corrected chi connectivity index (χ4v) is 2.37. The lowest BCUT2D eigenvalue weighted by molar-refractivity contribution is -0.115. The Balaban J connectivity index is 1.80. The molecular formula is C19H24N2O2. The van der Waals surface area contributed by atoms with Gasteiger partial charge in [-0.25, -0.2) is 0 Å². The highest BCUT2D eigenvalue weighted by Gasteiger charge is 2.06. The predicted octanol–water partition coefficient (Wildman–Crippen LogP) is 4.14. The number of carbonyl (C=O) groups is 1. The van der Waals surface area contributed by atoms with Crippen LogP contribution in [0.3, 0.4) is 0 Å². The topological polar surface area (TPSA) is 50.4 Å². The molecule has 2 rings (SSSR count). The molecule has 0 radical (unpaired) electrons. The highest BCUT2D eigenvalue weighted by Crippen LogP contribution is 2.19. The summed E-state index contributed by atoms with van der Waals surface area (Å²) < 4.78 is 5.40. The van der Waals surface area contributed by atoms with Crippen LogP contribution >= 0.6 is 0 Å². The van der Waals surface area contributed by atoms with Crippen LogP contribution in [0.15, 0.2) is 42.5 Å². The van der Waals surface area contributed by atoms with Gasteiger partial charge < -0.3 is 15.4 Å². The number of amides is 1. The average molecular weight is 312 g/mol. The standard InChI is InChI=1S/C19H24N2O2/c1-4-23-17-10-8-16(9-11-17)20-13-12-18(22)21-19-14(2)6-5-7-15(19)3/h5-11,20H,4,12-13H2,1-3H3,(H,21,22). The van der Waals surface area contributed by atoms with Crippen LogP contribution in [0.1, 0.15) is 24.5 Å². The van der Waals surface area contributed by atoms with Gasteiger partial charge in [0.05, 0.1) is 6.61 Å². The molecule has 0 aromatic heterocycles. The molecule has 2 N–H and O–H groups in total. The second-order valence-corrected chi connectivity index (χ2v) is 5.45. The highest BCUT2D eigenvalue weighted by molar-refractivity contribution is 5.92. The summed E-state index contributed by atoms with van der Waals surface area (Å²) in [5.74, 6) is 0.867. The summed E-state index contributed by atoms with van der Waals surface area (Å²) in [7, 11) is 0. The van der Waals surface area contributed by atoms with Crippen LogP contribution in [0.4, 0.5) is 11.4 Å². The number of carbonyl (C=O) groups excluding carboxylic acids is 1. The minimum atomic E-state index is 0.0147. The van der Waals surface area contributed by atoms with E-state index in [0.717, 1.165) is 28.3 Å². The Labute approximate surface area is 137 Å². The maximum Gasteiger partial charge on any atom is 0.226 e. The van der Waals surface area contributed by atoms with Crippen LogP contribution in [0, 0.1) is 13.8 Å². The minimum absolute atomic E-state index is 0.0147. The van der Waals surface area contributed by atoms with Gasteiger partial charge in [0.15, 0.2) is 0 Å². The van der Waals surface area contributed by atoms with Gasteiger partial charge >= 0.3 is 0 Å². The van der Waals surface area contributed by atoms with E-state index in [0.29, 0.717) is 19.6 Å². The molecule has 0 aliphatic carbocycles. The van der Waals surface area contributed by atoms with Gasteiger partial charge in [0, 0.05) is 24.3 Å². The number of aryl methyl sites for hydroxylation is 2. The average Bonchev–Trinajstić information content (AvgIpc) is 2.53. The largest absolute Gasteiger partial charge is 0.494 e. The summed E-state index contributed by atoms with van der Waals surface area (Å²) in [5, 5.41) is 6.24. The summed E-state index contributed by atoms with van der Waals surface area (Å²) >= 11 is 0. The van der Waals surface area contributed by atoms with Crippen LogP contribution < -0.4 is 15.4 Å². The van der Waals surface area contributed by atoms with Gasteiger partial charge in [-0.1, -0.05) is 18.2 Å². The van der Waals surface area contributed by atoms with Gasteiger partial charge in [0.25, 0.3) is 0 Å². The van der Waals surface area contributed by atoms with Crippen molar-refractivity contribution in [3.63, 3.8) is 0 Å². The van der Waals surface area contributed by atoms with Crippen molar-refractivity contribution in [1.82, 2.24) is 0 Å². The third-order valence-electron chi connectivity index (χ3n) is 3.59. The lowest BCUT2D eigenvalue weighted by Crippen LogP contribution is -2.17. The highest BCUT2D eigenvalue weighted by atomic mass is 16.5. The summed E-state index contributed by atoms with van der Waals surface area (Å²) in [6.45, 7) is 7.21. The molecular weight excluding hydrogens is 288 g/mol. The van der Waals surface area contributed by atoms with Crippen molar-refractivity contribution in [3.05, 3.63) is 53.6 Å². The van der Waals surface area contributed by atoms with Gasteiger partial charge in [0.1, 0.15) is 5.75 Å². The Hall–Kier alpha value is -2.49. The van der Waals surface area contributed by atoms with E-state index in [9.17, 15) is 4.79 Å². The third kappa shape index (κ3) is 5.02. The van der Waals surface area contributed by atoms with Crippen LogP contribution in [-0.2, 0) is 4.79 Å².